The van der Waals surface area contributed by atoms with Gasteiger partial charge in [-0.05, 0) is 74.5 Å². The molecule has 0 amide bonds. The van der Waals surface area contributed by atoms with Crippen LogP contribution in [0.5, 0.6) is 0 Å². The van der Waals surface area contributed by atoms with Gasteiger partial charge in [0.1, 0.15) is 0 Å². The van der Waals surface area contributed by atoms with E-state index in [9.17, 15) is 9.90 Å². The number of carbonyl (C=O) groups is 1. The Kier molecular flexibility index (Phi) is 6.31. The Bertz CT molecular complexity index is 328. The maximum absolute atomic E-state index is 11.2. The smallest absolute Gasteiger partial charge is 0.0445 e. The number of quaternary nitrogens is 1. The van der Waals surface area contributed by atoms with Crippen LogP contribution in [0, 0.1) is 23.2 Å². The minimum absolute atomic E-state index is 0. The molecule has 3 rings (SSSR count). The lowest BCUT2D eigenvalue weighted by Gasteiger charge is -2.53. The van der Waals surface area contributed by atoms with E-state index in [1.807, 2.05) is 0 Å². The van der Waals surface area contributed by atoms with Crippen molar-refractivity contribution in [1.29, 1.82) is 0 Å². The second kappa shape index (κ2) is 7.81. The molecule has 0 heterocycles. The fourth-order valence-electron chi connectivity index (χ4n) is 5.90. The van der Waals surface area contributed by atoms with Crippen LogP contribution in [0.15, 0.2) is 0 Å². The molecule has 0 aromatic carbocycles. The summed E-state index contributed by atoms with van der Waals surface area (Å²) in [6.45, 7) is 0. The molecular weight excluding hydrogens is 274 g/mol. The van der Waals surface area contributed by atoms with Crippen molar-refractivity contribution in [1.82, 2.24) is 6.15 Å². The van der Waals surface area contributed by atoms with E-state index in [1.54, 1.807) is 0 Å². The van der Waals surface area contributed by atoms with Gasteiger partial charge < -0.3 is 16.1 Å². The molecule has 0 saturated heterocycles. The molecule has 128 valence electrons. The number of aliphatic carboxylic acids is 1. The van der Waals surface area contributed by atoms with Gasteiger partial charge in [-0.1, -0.05) is 38.5 Å². The largest absolute Gasteiger partial charge is 0.550 e. The molecule has 4 N–H and O–H groups in total. The first kappa shape index (κ1) is 17.8. The van der Waals surface area contributed by atoms with Crippen molar-refractivity contribution in [2.75, 3.05) is 0 Å². The monoisotopic (exact) mass is 309 g/mol. The van der Waals surface area contributed by atoms with Gasteiger partial charge in [-0.2, -0.15) is 0 Å². The van der Waals surface area contributed by atoms with Crippen LogP contribution in [0.25, 0.3) is 0 Å². The average molecular weight is 309 g/mol. The third kappa shape index (κ3) is 3.50. The van der Waals surface area contributed by atoms with Gasteiger partial charge in [0.25, 0.3) is 0 Å². The molecule has 3 saturated carbocycles. The number of hydrogen-bond donors (Lipinski definition) is 1. The summed E-state index contributed by atoms with van der Waals surface area (Å²) in [5.41, 5.74) is 0.493. The van der Waals surface area contributed by atoms with Crippen molar-refractivity contribution in [3.8, 4) is 0 Å². The number of hydrogen-bond acceptors (Lipinski definition) is 2. The van der Waals surface area contributed by atoms with Gasteiger partial charge in [-0.15, -0.1) is 0 Å². The van der Waals surface area contributed by atoms with Crippen LogP contribution in [0.2, 0.25) is 0 Å². The molecule has 0 unspecified atom stereocenters. The standard InChI is InChI=1S/C19H32O2.H3N/c20-18(21)15-11-13-19(14-12-15,16-7-3-1-4-8-16)17-9-5-2-6-10-17;/h15-17H,1-14H2,(H,20,21);1H3. The minimum atomic E-state index is -0.795. The van der Waals surface area contributed by atoms with Crippen LogP contribution in [-0.4, -0.2) is 5.97 Å². The van der Waals surface area contributed by atoms with Gasteiger partial charge in [0.15, 0.2) is 0 Å². The Morgan fingerprint density at radius 2 is 1.14 bits per heavy atom. The summed E-state index contributed by atoms with van der Waals surface area (Å²) in [5, 5.41) is 11.2. The Labute approximate surface area is 135 Å². The molecule has 3 aliphatic rings. The van der Waals surface area contributed by atoms with Crippen LogP contribution in [0.1, 0.15) is 89.9 Å². The van der Waals surface area contributed by atoms with Gasteiger partial charge in [0, 0.05) is 5.97 Å². The molecule has 3 fully saturated rings. The quantitative estimate of drug-likeness (QED) is 0.836. The third-order valence-corrected chi connectivity index (χ3v) is 7.09. The lowest BCUT2D eigenvalue weighted by Crippen LogP contribution is -2.45. The molecular formula is C19H35NO2. The van der Waals surface area contributed by atoms with Crippen LogP contribution in [0.3, 0.4) is 0 Å². The number of rotatable bonds is 3. The summed E-state index contributed by atoms with van der Waals surface area (Å²) in [5.74, 6) is 0.815. The Balaban J connectivity index is 0.00000176. The van der Waals surface area contributed by atoms with E-state index in [4.69, 9.17) is 0 Å². The highest BCUT2D eigenvalue weighted by atomic mass is 16.4. The molecule has 0 aromatic rings. The maximum atomic E-state index is 11.2. The zero-order chi connectivity index (χ0) is 14.7. The zero-order valence-corrected chi connectivity index (χ0v) is 14.4. The zero-order valence-electron chi connectivity index (χ0n) is 14.4. The fourth-order valence-corrected chi connectivity index (χ4v) is 5.90. The van der Waals surface area contributed by atoms with Crippen molar-refractivity contribution in [2.24, 2.45) is 23.2 Å². The normalized spacial score (nSPS) is 28.0. The summed E-state index contributed by atoms with van der Waals surface area (Å²) in [4.78, 5) is 11.2. The van der Waals surface area contributed by atoms with Crippen LogP contribution in [0.4, 0.5) is 0 Å². The summed E-state index contributed by atoms with van der Waals surface area (Å²) in [7, 11) is 0. The molecule has 22 heavy (non-hydrogen) atoms. The Morgan fingerprint density at radius 1 is 0.727 bits per heavy atom. The molecule has 3 heteroatoms. The van der Waals surface area contributed by atoms with E-state index in [0.29, 0.717) is 5.41 Å². The van der Waals surface area contributed by atoms with E-state index in [0.717, 1.165) is 24.7 Å². The second-order valence-electron chi connectivity index (χ2n) is 8.00. The first-order valence-electron chi connectivity index (χ1n) is 9.43. The van der Waals surface area contributed by atoms with Crippen molar-refractivity contribution < 1.29 is 9.90 Å². The Hall–Kier alpha value is -0.570. The third-order valence-electron chi connectivity index (χ3n) is 7.09. The van der Waals surface area contributed by atoms with Gasteiger partial charge in [-0.25, -0.2) is 0 Å². The fraction of sp³-hybridized carbons (Fsp3) is 0.947. The summed E-state index contributed by atoms with van der Waals surface area (Å²) >= 11 is 0. The number of carboxylic acid groups (broad SMARTS) is 1. The second-order valence-corrected chi connectivity index (χ2v) is 8.00. The topological polar surface area (TPSA) is 76.6 Å². The van der Waals surface area contributed by atoms with Crippen molar-refractivity contribution in [3.63, 3.8) is 0 Å². The summed E-state index contributed by atoms with van der Waals surface area (Å²) in [6, 6.07) is 0. The van der Waals surface area contributed by atoms with Gasteiger partial charge in [0.2, 0.25) is 0 Å². The number of carbonyl (C=O) groups excluding carboxylic acids is 1. The highest BCUT2D eigenvalue weighted by molar-refractivity contribution is 5.67. The molecule has 0 spiro atoms. The van der Waals surface area contributed by atoms with Gasteiger partial charge in [0.05, 0.1) is 0 Å². The Morgan fingerprint density at radius 3 is 1.50 bits per heavy atom. The van der Waals surface area contributed by atoms with Gasteiger partial charge >= 0.3 is 0 Å². The van der Waals surface area contributed by atoms with Crippen molar-refractivity contribution >= 4 is 5.97 Å². The molecule has 3 nitrogen and oxygen atoms in total. The molecule has 0 atom stereocenters. The van der Waals surface area contributed by atoms with Crippen LogP contribution in [-0.2, 0) is 4.79 Å². The van der Waals surface area contributed by atoms with E-state index in [-0.39, 0.29) is 12.1 Å². The first-order valence-corrected chi connectivity index (χ1v) is 9.43. The lowest BCUT2D eigenvalue weighted by molar-refractivity contribution is -0.313. The maximum Gasteiger partial charge on any atom is 0.0445 e. The molecule has 0 aliphatic heterocycles. The highest BCUT2D eigenvalue weighted by Crippen LogP contribution is 2.57. The van der Waals surface area contributed by atoms with Gasteiger partial charge in [-0.3, -0.25) is 0 Å². The van der Waals surface area contributed by atoms with E-state index >= 15 is 0 Å². The minimum Gasteiger partial charge on any atom is -0.550 e. The van der Waals surface area contributed by atoms with Crippen LogP contribution >= 0.6 is 0 Å². The molecule has 3 aliphatic carbocycles. The summed E-state index contributed by atoms with van der Waals surface area (Å²) in [6.07, 6.45) is 18.2. The van der Waals surface area contributed by atoms with E-state index < -0.39 is 5.97 Å². The van der Waals surface area contributed by atoms with E-state index in [1.165, 1.54) is 77.0 Å². The first-order chi connectivity index (χ1) is 10.2. The number of carboxylic acids is 1. The molecule has 0 radical (unpaired) electrons. The van der Waals surface area contributed by atoms with Crippen molar-refractivity contribution in [3.05, 3.63) is 0 Å². The highest BCUT2D eigenvalue weighted by Gasteiger charge is 2.47. The SMILES string of the molecule is O=C([O-])C1CCC(C2CCCCC2)(C2CCCCC2)CC1.[NH4+]. The van der Waals surface area contributed by atoms with Crippen molar-refractivity contribution in [2.45, 2.75) is 89.9 Å². The van der Waals surface area contributed by atoms with E-state index in [2.05, 4.69) is 0 Å². The average Bonchev–Trinajstić information content (AvgIpc) is 2.56. The van der Waals surface area contributed by atoms with Crippen LogP contribution < -0.4 is 11.3 Å². The molecule has 0 aromatic heterocycles. The predicted molar refractivity (Wildman–Crippen MR) is 88.5 cm³/mol. The summed E-state index contributed by atoms with van der Waals surface area (Å²) < 4.78 is 0. The lowest BCUT2D eigenvalue weighted by atomic mass is 9.52. The predicted octanol–water partition coefficient (Wildman–Crippen LogP) is 4.45. The molecule has 0 bridgehead atoms.